The molecule has 1 aromatic rings. The third-order valence-corrected chi connectivity index (χ3v) is 2.94. The van der Waals surface area contributed by atoms with Crippen LogP contribution < -0.4 is 5.73 Å². The van der Waals surface area contributed by atoms with Crippen LogP contribution in [-0.2, 0) is 11.2 Å². The molecule has 2 rings (SSSR count). The van der Waals surface area contributed by atoms with E-state index in [1.165, 1.54) is 0 Å². The summed E-state index contributed by atoms with van der Waals surface area (Å²) in [6, 6.07) is 7.51. The Morgan fingerprint density at radius 3 is 2.93 bits per heavy atom. The summed E-state index contributed by atoms with van der Waals surface area (Å²) in [7, 11) is 1.60. The average molecular weight is 205 g/mol. The Balaban J connectivity index is 2.20. The zero-order valence-electron chi connectivity index (χ0n) is 8.77. The number of carbonyl (C=O) groups is 1. The molecule has 2 N–H and O–H groups in total. The number of benzene rings is 1. The van der Waals surface area contributed by atoms with Crippen molar-refractivity contribution in [3.05, 3.63) is 35.4 Å². The van der Waals surface area contributed by atoms with Crippen molar-refractivity contribution in [3.63, 3.8) is 0 Å². The molecule has 0 aromatic heterocycles. The van der Waals surface area contributed by atoms with E-state index in [1.54, 1.807) is 7.11 Å². The molecule has 0 aliphatic heterocycles. The van der Waals surface area contributed by atoms with Crippen LogP contribution in [0.3, 0.4) is 0 Å². The van der Waals surface area contributed by atoms with Gasteiger partial charge in [-0.25, -0.2) is 0 Å². The molecule has 0 radical (unpaired) electrons. The molecule has 0 saturated heterocycles. The molecule has 80 valence electrons. The van der Waals surface area contributed by atoms with Crippen LogP contribution in [0.4, 0.5) is 0 Å². The van der Waals surface area contributed by atoms with E-state index in [0.29, 0.717) is 6.61 Å². The monoisotopic (exact) mass is 205 g/mol. The molecule has 0 amide bonds. The van der Waals surface area contributed by atoms with Gasteiger partial charge >= 0.3 is 0 Å². The van der Waals surface area contributed by atoms with Crippen molar-refractivity contribution in [2.45, 2.75) is 12.5 Å². The molecule has 2 unspecified atom stereocenters. The van der Waals surface area contributed by atoms with Gasteiger partial charge in [0.1, 0.15) is 0 Å². The Bertz CT molecular complexity index is 376. The zero-order valence-corrected chi connectivity index (χ0v) is 8.77. The molecule has 0 heterocycles. The Morgan fingerprint density at radius 1 is 1.53 bits per heavy atom. The van der Waals surface area contributed by atoms with Gasteiger partial charge in [-0.2, -0.15) is 0 Å². The fraction of sp³-hybridized carbons (Fsp3) is 0.417. The number of hydrogen-bond donors (Lipinski definition) is 1. The number of Topliss-reactive ketones (excluding diaryl/α,β-unsaturated/α-hetero) is 1. The normalized spacial score (nSPS) is 21.5. The highest BCUT2D eigenvalue weighted by Gasteiger charge is 2.34. The minimum absolute atomic E-state index is 0.109. The lowest BCUT2D eigenvalue weighted by Gasteiger charge is -2.16. The Morgan fingerprint density at radius 2 is 2.27 bits per heavy atom. The molecule has 15 heavy (non-hydrogen) atoms. The molecule has 0 fully saturated rings. The highest BCUT2D eigenvalue weighted by molar-refractivity contribution is 6.02. The summed E-state index contributed by atoms with van der Waals surface area (Å²) in [5, 5.41) is 0. The summed E-state index contributed by atoms with van der Waals surface area (Å²) in [4.78, 5) is 12.0. The van der Waals surface area contributed by atoms with Gasteiger partial charge in [-0.3, -0.25) is 4.79 Å². The topological polar surface area (TPSA) is 52.3 Å². The first kappa shape index (κ1) is 10.3. The number of nitrogens with two attached hydrogens (primary N) is 1. The van der Waals surface area contributed by atoms with E-state index < -0.39 is 0 Å². The predicted octanol–water partition coefficient (Wildman–Crippen LogP) is 1.02. The van der Waals surface area contributed by atoms with E-state index in [9.17, 15) is 4.79 Å². The van der Waals surface area contributed by atoms with Crippen molar-refractivity contribution in [1.29, 1.82) is 0 Å². The van der Waals surface area contributed by atoms with E-state index >= 15 is 0 Å². The highest BCUT2D eigenvalue weighted by atomic mass is 16.5. The molecule has 1 aromatic carbocycles. The third kappa shape index (κ3) is 1.80. The lowest BCUT2D eigenvalue weighted by Crippen LogP contribution is -2.37. The second-order valence-electron chi connectivity index (χ2n) is 3.95. The first-order valence-electron chi connectivity index (χ1n) is 5.10. The fourth-order valence-corrected chi connectivity index (χ4v) is 2.12. The summed E-state index contributed by atoms with van der Waals surface area (Å²) in [5.41, 5.74) is 7.85. The molecule has 3 heteroatoms. The van der Waals surface area contributed by atoms with Crippen LogP contribution in [0.2, 0.25) is 0 Å². The number of ketones is 1. The molecular formula is C12H15NO2. The maximum Gasteiger partial charge on any atom is 0.168 e. The van der Waals surface area contributed by atoms with Crippen molar-refractivity contribution < 1.29 is 9.53 Å². The summed E-state index contributed by atoms with van der Waals surface area (Å²) >= 11 is 0. The van der Waals surface area contributed by atoms with Crippen LogP contribution in [0, 0.1) is 5.92 Å². The van der Waals surface area contributed by atoms with Gasteiger partial charge in [0.25, 0.3) is 0 Å². The second-order valence-corrected chi connectivity index (χ2v) is 3.95. The lowest BCUT2D eigenvalue weighted by molar-refractivity contribution is 0.0871. The van der Waals surface area contributed by atoms with E-state index in [0.717, 1.165) is 17.5 Å². The molecule has 3 nitrogen and oxygen atoms in total. The SMILES string of the molecule is COCC(N)C1Cc2ccccc2C1=O. The van der Waals surface area contributed by atoms with Gasteiger partial charge in [0, 0.05) is 24.6 Å². The van der Waals surface area contributed by atoms with Crippen molar-refractivity contribution in [3.8, 4) is 0 Å². The molecule has 0 bridgehead atoms. The van der Waals surface area contributed by atoms with Gasteiger partial charge in [0.15, 0.2) is 5.78 Å². The fourth-order valence-electron chi connectivity index (χ4n) is 2.12. The van der Waals surface area contributed by atoms with Crippen LogP contribution in [0.5, 0.6) is 0 Å². The maximum atomic E-state index is 12.0. The standard InChI is InChI=1S/C12H15NO2/c1-15-7-11(13)10-6-8-4-2-3-5-9(8)12(10)14/h2-5,10-11H,6-7,13H2,1H3. The third-order valence-electron chi connectivity index (χ3n) is 2.94. The van der Waals surface area contributed by atoms with Crippen LogP contribution in [0.1, 0.15) is 15.9 Å². The summed E-state index contributed by atoms with van der Waals surface area (Å²) in [6.07, 6.45) is 0.750. The largest absolute Gasteiger partial charge is 0.383 e. The summed E-state index contributed by atoms with van der Waals surface area (Å²) in [5.74, 6) is 0.0532. The van der Waals surface area contributed by atoms with Gasteiger partial charge in [-0.15, -0.1) is 0 Å². The molecule has 1 aliphatic rings. The zero-order chi connectivity index (χ0) is 10.8. The number of ether oxygens (including phenoxy) is 1. The van der Waals surface area contributed by atoms with Gasteiger partial charge in [-0.1, -0.05) is 24.3 Å². The predicted molar refractivity (Wildman–Crippen MR) is 57.8 cm³/mol. The number of hydrogen-bond acceptors (Lipinski definition) is 3. The smallest absolute Gasteiger partial charge is 0.168 e. The van der Waals surface area contributed by atoms with Gasteiger partial charge in [0.2, 0.25) is 0 Å². The number of methoxy groups -OCH3 is 1. The van der Waals surface area contributed by atoms with Crippen molar-refractivity contribution in [2.24, 2.45) is 11.7 Å². The van der Waals surface area contributed by atoms with Crippen LogP contribution in [0.25, 0.3) is 0 Å². The summed E-state index contributed by atoms with van der Waals surface area (Å²) in [6.45, 7) is 0.435. The number of carbonyl (C=O) groups excluding carboxylic acids is 1. The molecule has 2 atom stereocenters. The van der Waals surface area contributed by atoms with Gasteiger partial charge in [0.05, 0.1) is 6.61 Å². The summed E-state index contributed by atoms with van der Waals surface area (Å²) < 4.78 is 4.99. The quantitative estimate of drug-likeness (QED) is 0.801. The van der Waals surface area contributed by atoms with Gasteiger partial charge in [-0.05, 0) is 12.0 Å². The first-order valence-corrected chi connectivity index (χ1v) is 5.10. The Hall–Kier alpha value is -1.19. The van der Waals surface area contributed by atoms with E-state index in [1.807, 2.05) is 24.3 Å². The lowest BCUT2D eigenvalue weighted by atomic mass is 9.97. The van der Waals surface area contributed by atoms with E-state index in [4.69, 9.17) is 10.5 Å². The van der Waals surface area contributed by atoms with E-state index in [2.05, 4.69) is 0 Å². The maximum absolute atomic E-state index is 12.0. The van der Waals surface area contributed by atoms with Gasteiger partial charge < -0.3 is 10.5 Å². The molecule has 0 saturated carbocycles. The Kier molecular flexibility index (Phi) is 2.84. The second kappa shape index (κ2) is 4.13. The number of rotatable bonds is 3. The molecular weight excluding hydrogens is 190 g/mol. The minimum Gasteiger partial charge on any atom is -0.383 e. The van der Waals surface area contributed by atoms with Crippen LogP contribution in [-0.4, -0.2) is 25.5 Å². The van der Waals surface area contributed by atoms with Crippen LogP contribution >= 0.6 is 0 Å². The van der Waals surface area contributed by atoms with Crippen LogP contribution in [0.15, 0.2) is 24.3 Å². The van der Waals surface area contributed by atoms with E-state index in [-0.39, 0.29) is 17.7 Å². The minimum atomic E-state index is -0.199. The first-order chi connectivity index (χ1) is 7.24. The molecule has 1 aliphatic carbocycles. The Labute approximate surface area is 89.2 Å². The molecule has 0 spiro atoms. The highest BCUT2D eigenvalue weighted by Crippen LogP contribution is 2.28. The van der Waals surface area contributed by atoms with Crippen molar-refractivity contribution >= 4 is 5.78 Å². The van der Waals surface area contributed by atoms with Crippen molar-refractivity contribution in [2.75, 3.05) is 13.7 Å². The average Bonchev–Trinajstić information content (AvgIpc) is 2.57. The van der Waals surface area contributed by atoms with Crippen molar-refractivity contribution in [1.82, 2.24) is 0 Å². The number of fused-ring (bicyclic) bond motifs is 1.